The van der Waals surface area contributed by atoms with E-state index in [2.05, 4.69) is 10.3 Å². The van der Waals surface area contributed by atoms with Crippen LogP contribution in [0.15, 0.2) is 48.7 Å². The number of nitrogens with one attached hydrogen (secondary N) is 1. The molecule has 2 heterocycles. The van der Waals surface area contributed by atoms with Crippen LogP contribution in [0.4, 0.5) is 4.39 Å². The number of rotatable bonds is 5. The van der Waals surface area contributed by atoms with Crippen molar-refractivity contribution in [3.05, 3.63) is 65.7 Å². The van der Waals surface area contributed by atoms with Crippen LogP contribution < -0.4 is 5.32 Å². The summed E-state index contributed by atoms with van der Waals surface area (Å²) in [6.45, 7) is 0.874. The summed E-state index contributed by atoms with van der Waals surface area (Å²) in [5.74, 6) is -0.711. The number of aliphatic hydroxyl groups excluding tert-OH is 1. The summed E-state index contributed by atoms with van der Waals surface area (Å²) in [7, 11) is 0. The Kier molecular flexibility index (Phi) is 5.08. The number of carbonyl (C=O) groups is 1. The van der Waals surface area contributed by atoms with Gasteiger partial charge in [-0.05, 0) is 29.8 Å². The van der Waals surface area contributed by atoms with Crippen molar-refractivity contribution >= 4 is 5.91 Å². The molecule has 0 bridgehead atoms. The van der Waals surface area contributed by atoms with E-state index in [0.717, 1.165) is 5.56 Å². The smallest absolute Gasteiger partial charge is 0.269 e. The van der Waals surface area contributed by atoms with E-state index >= 15 is 0 Å². The third-order valence-corrected chi connectivity index (χ3v) is 4.32. The first kappa shape index (κ1) is 17.5. The highest BCUT2D eigenvalue weighted by atomic mass is 19.1. The number of benzene rings is 1. The Hall–Kier alpha value is -2.35. The van der Waals surface area contributed by atoms with Gasteiger partial charge >= 0.3 is 0 Å². The summed E-state index contributed by atoms with van der Waals surface area (Å²) in [5.41, 5.74) is -0.304. The Balaban J connectivity index is 1.58. The third-order valence-electron chi connectivity index (χ3n) is 4.32. The van der Waals surface area contributed by atoms with E-state index in [1.54, 1.807) is 30.3 Å². The van der Waals surface area contributed by atoms with Crippen molar-refractivity contribution in [2.24, 2.45) is 0 Å². The molecule has 0 unspecified atom stereocenters. The molecule has 1 fully saturated rings. The van der Waals surface area contributed by atoms with Gasteiger partial charge in [0, 0.05) is 25.8 Å². The topological polar surface area (TPSA) is 85.7 Å². The van der Waals surface area contributed by atoms with E-state index in [9.17, 15) is 19.4 Å². The molecular formula is C18H20FN3O3. The number of likely N-dealkylation sites (tertiary alicyclic amines) is 1. The molecule has 1 aromatic heterocycles. The van der Waals surface area contributed by atoms with Crippen LogP contribution in [0.5, 0.6) is 0 Å². The van der Waals surface area contributed by atoms with Gasteiger partial charge in [0.15, 0.2) is 0 Å². The lowest BCUT2D eigenvalue weighted by Gasteiger charge is -2.26. The van der Waals surface area contributed by atoms with Crippen molar-refractivity contribution in [3.63, 3.8) is 0 Å². The number of hydrogen-bond acceptors (Lipinski definition) is 5. The van der Waals surface area contributed by atoms with Crippen LogP contribution in [0.2, 0.25) is 0 Å². The number of aromatic nitrogens is 1. The van der Waals surface area contributed by atoms with E-state index in [-0.39, 0.29) is 31.1 Å². The highest BCUT2D eigenvalue weighted by Gasteiger charge is 2.44. The van der Waals surface area contributed by atoms with Crippen molar-refractivity contribution in [2.45, 2.75) is 18.2 Å². The van der Waals surface area contributed by atoms with Crippen LogP contribution in [-0.2, 0) is 6.54 Å². The number of aliphatic hydroxyl groups is 2. The van der Waals surface area contributed by atoms with E-state index in [1.807, 2.05) is 4.90 Å². The Morgan fingerprint density at radius 2 is 2.08 bits per heavy atom. The quantitative estimate of drug-likeness (QED) is 0.737. The van der Waals surface area contributed by atoms with E-state index < -0.39 is 17.6 Å². The van der Waals surface area contributed by atoms with E-state index in [1.165, 1.54) is 18.3 Å². The van der Waals surface area contributed by atoms with Crippen LogP contribution in [0.25, 0.3) is 0 Å². The van der Waals surface area contributed by atoms with Crippen LogP contribution in [0.1, 0.15) is 16.1 Å². The maximum atomic E-state index is 13.0. The van der Waals surface area contributed by atoms with Crippen LogP contribution in [0.3, 0.4) is 0 Å². The highest BCUT2D eigenvalue weighted by Crippen LogP contribution is 2.23. The van der Waals surface area contributed by atoms with Crippen LogP contribution in [0, 0.1) is 5.82 Å². The molecule has 7 heteroatoms. The number of carbonyl (C=O) groups excluding carboxylic acids is 1. The van der Waals surface area contributed by atoms with Gasteiger partial charge in [-0.1, -0.05) is 18.2 Å². The fraction of sp³-hybridized carbons (Fsp3) is 0.333. The summed E-state index contributed by atoms with van der Waals surface area (Å²) in [5, 5.41) is 23.5. The SMILES string of the molecule is O=C(NC[C@]1(O)CN(Cc2ccc(F)cc2)C[C@H]1O)c1ccccn1. The summed E-state index contributed by atoms with van der Waals surface area (Å²) < 4.78 is 13.0. The van der Waals surface area contributed by atoms with Crippen molar-refractivity contribution < 1.29 is 19.4 Å². The first-order valence-electron chi connectivity index (χ1n) is 8.03. The molecule has 3 N–H and O–H groups in total. The number of pyridine rings is 1. The van der Waals surface area contributed by atoms with Crippen molar-refractivity contribution in [1.29, 1.82) is 0 Å². The second-order valence-electron chi connectivity index (χ2n) is 6.31. The van der Waals surface area contributed by atoms with E-state index in [4.69, 9.17) is 0 Å². The van der Waals surface area contributed by atoms with Crippen molar-refractivity contribution in [3.8, 4) is 0 Å². The largest absolute Gasteiger partial charge is 0.389 e. The predicted molar refractivity (Wildman–Crippen MR) is 89.2 cm³/mol. The average Bonchev–Trinajstić information content (AvgIpc) is 2.90. The Labute approximate surface area is 144 Å². The fourth-order valence-corrected chi connectivity index (χ4v) is 2.93. The first-order chi connectivity index (χ1) is 12.0. The lowest BCUT2D eigenvalue weighted by atomic mass is 10.0. The van der Waals surface area contributed by atoms with Gasteiger partial charge in [0.25, 0.3) is 5.91 Å². The lowest BCUT2D eigenvalue weighted by molar-refractivity contribution is -0.0377. The van der Waals surface area contributed by atoms with Gasteiger partial charge in [0.2, 0.25) is 0 Å². The van der Waals surface area contributed by atoms with Crippen molar-refractivity contribution in [2.75, 3.05) is 19.6 Å². The summed E-state index contributed by atoms with van der Waals surface area (Å²) in [4.78, 5) is 17.9. The number of β-amino-alcohol motifs (C(OH)–C–C–N with tert-alkyl or cyclic N) is 2. The zero-order chi connectivity index (χ0) is 17.9. The minimum absolute atomic E-state index is 0.0799. The number of halogens is 1. The summed E-state index contributed by atoms with van der Waals surface area (Å²) in [6.07, 6.45) is 0.523. The zero-order valence-electron chi connectivity index (χ0n) is 13.6. The molecule has 0 radical (unpaired) electrons. The minimum atomic E-state index is -1.44. The molecule has 2 atom stereocenters. The fourth-order valence-electron chi connectivity index (χ4n) is 2.93. The molecule has 3 rings (SSSR count). The summed E-state index contributed by atoms with van der Waals surface area (Å²) >= 11 is 0. The third kappa shape index (κ3) is 4.19. The maximum absolute atomic E-state index is 13.0. The minimum Gasteiger partial charge on any atom is -0.389 e. The molecule has 6 nitrogen and oxygen atoms in total. The van der Waals surface area contributed by atoms with Gasteiger partial charge < -0.3 is 15.5 Å². The molecule has 2 aromatic rings. The molecule has 25 heavy (non-hydrogen) atoms. The lowest BCUT2D eigenvalue weighted by Crippen LogP contribution is -2.51. The predicted octanol–water partition coefficient (Wildman–Crippen LogP) is 0.558. The number of amides is 1. The monoisotopic (exact) mass is 345 g/mol. The average molecular weight is 345 g/mol. The molecular weight excluding hydrogens is 325 g/mol. The van der Waals surface area contributed by atoms with Crippen LogP contribution in [-0.4, -0.2) is 57.3 Å². The molecule has 1 saturated heterocycles. The Bertz CT molecular complexity index is 726. The van der Waals surface area contributed by atoms with Gasteiger partial charge in [-0.3, -0.25) is 14.7 Å². The van der Waals surface area contributed by atoms with Gasteiger partial charge in [-0.25, -0.2) is 4.39 Å². The molecule has 0 aliphatic carbocycles. The number of nitrogens with zero attached hydrogens (tertiary/aromatic N) is 2. The molecule has 1 aromatic carbocycles. The maximum Gasteiger partial charge on any atom is 0.269 e. The van der Waals surface area contributed by atoms with Gasteiger partial charge in [0.05, 0.1) is 12.6 Å². The molecule has 1 aliphatic heterocycles. The second-order valence-corrected chi connectivity index (χ2v) is 6.31. The Morgan fingerprint density at radius 1 is 1.32 bits per heavy atom. The number of hydrogen-bond donors (Lipinski definition) is 3. The summed E-state index contributed by atoms with van der Waals surface area (Å²) in [6, 6.07) is 11.1. The van der Waals surface area contributed by atoms with Gasteiger partial charge in [-0.2, -0.15) is 0 Å². The highest BCUT2D eigenvalue weighted by molar-refractivity contribution is 5.92. The molecule has 132 valence electrons. The van der Waals surface area contributed by atoms with Crippen molar-refractivity contribution in [1.82, 2.24) is 15.2 Å². The Morgan fingerprint density at radius 3 is 2.76 bits per heavy atom. The molecule has 0 spiro atoms. The van der Waals surface area contributed by atoms with Gasteiger partial charge in [-0.15, -0.1) is 0 Å². The van der Waals surface area contributed by atoms with Crippen LogP contribution >= 0.6 is 0 Å². The normalized spacial score (nSPS) is 23.6. The molecule has 1 amide bonds. The second kappa shape index (κ2) is 7.26. The molecule has 1 aliphatic rings. The standard InChI is InChI=1S/C18H20FN3O3/c19-14-6-4-13(5-7-14)9-22-10-16(23)18(25,12-22)11-21-17(24)15-3-1-2-8-20-15/h1-8,16,23,25H,9-12H2,(H,21,24)/t16-,18+/m1/s1. The van der Waals surface area contributed by atoms with E-state index in [0.29, 0.717) is 6.54 Å². The molecule has 0 saturated carbocycles. The first-order valence-corrected chi connectivity index (χ1v) is 8.03. The zero-order valence-corrected chi connectivity index (χ0v) is 13.6. The van der Waals surface area contributed by atoms with Gasteiger partial charge in [0.1, 0.15) is 17.1 Å².